The van der Waals surface area contributed by atoms with E-state index in [4.69, 9.17) is 9.47 Å². The maximum atomic E-state index is 14.5. The molecule has 1 aliphatic carbocycles. The first kappa shape index (κ1) is 29.7. The van der Waals surface area contributed by atoms with Crippen LogP contribution in [-0.2, 0) is 14.3 Å². The Labute approximate surface area is 256 Å². The van der Waals surface area contributed by atoms with Gasteiger partial charge in [0.05, 0.1) is 24.5 Å². The van der Waals surface area contributed by atoms with E-state index in [0.717, 1.165) is 65.2 Å². The minimum Gasteiger partial charge on any atom is -0.494 e. The molecule has 7 nitrogen and oxygen atoms in total. The Hall–Kier alpha value is -3.40. The third-order valence-electron chi connectivity index (χ3n) is 8.64. The van der Waals surface area contributed by atoms with Crippen LogP contribution in [0.2, 0.25) is 0 Å². The summed E-state index contributed by atoms with van der Waals surface area (Å²) in [4.78, 5) is 32.3. The Morgan fingerprint density at radius 2 is 1.91 bits per heavy atom. The molecule has 1 saturated carbocycles. The van der Waals surface area contributed by atoms with Crippen molar-refractivity contribution in [2.24, 2.45) is 5.92 Å². The summed E-state index contributed by atoms with van der Waals surface area (Å²) in [7, 11) is 3.13. The minimum absolute atomic E-state index is 0.0262. The number of anilines is 2. The lowest BCUT2D eigenvalue weighted by Crippen LogP contribution is -2.47. The summed E-state index contributed by atoms with van der Waals surface area (Å²) in [6.45, 7) is 2.60. The molecule has 0 spiro atoms. The number of nitrogens with zero attached hydrogens (tertiary/aromatic N) is 2. The molecular formula is C34H38FN3O4S. The summed E-state index contributed by atoms with van der Waals surface area (Å²) in [6, 6.07) is 19.4. The fourth-order valence-corrected chi connectivity index (χ4v) is 7.21. The molecule has 3 aromatic carbocycles. The molecule has 0 bridgehead atoms. The number of thioether (sulfide) groups is 1. The number of ether oxygens (including phenoxy) is 2. The normalized spacial score (nSPS) is 20.1. The number of nitrogens with one attached hydrogen (secondary N) is 1. The molecule has 2 fully saturated rings. The Morgan fingerprint density at radius 1 is 1.07 bits per heavy atom. The predicted molar refractivity (Wildman–Crippen MR) is 169 cm³/mol. The Balaban J connectivity index is 1.29. The number of carbonyl (C=O) groups excluding carboxylic acids is 2. The molecular weight excluding hydrogens is 565 g/mol. The first-order chi connectivity index (χ1) is 21.0. The minimum atomic E-state index is -0.400. The maximum Gasteiger partial charge on any atom is 0.237 e. The van der Waals surface area contributed by atoms with Crippen molar-refractivity contribution in [3.63, 3.8) is 0 Å². The number of piperidine rings is 1. The van der Waals surface area contributed by atoms with Crippen molar-refractivity contribution in [2.75, 3.05) is 56.0 Å². The van der Waals surface area contributed by atoms with Crippen LogP contribution < -0.4 is 19.9 Å². The molecule has 1 N–H and O–H groups in total. The van der Waals surface area contributed by atoms with Gasteiger partial charge < -0.3 is 24.6 Å². The smallest absolute Gasteiger partial charge is 0.237 e. The van der Waals surface area contributed by atoms with Gasteiger partial charge in [0.1, 0.15) is 0 Å². The average Bonchev–Trinajstić information content (AvgIpc) is 3.87. The Kier molecular flexibility index (Phi) is 9.02. The number of carbonyl (C=O) groups is 2. The first-order valence-electron chi connectivity index (χ1n) is 15.0. The number of hydrogen-bond donors (Lipinski definition) is 1. The van der Waals surface area contributed by atoms with Crippen LogP contribution in [0.5, 0.6) is 5.75 Å². The summed E-state index contributed by atoms with van der Waals surface area (Å²) in [6.07, 6.45) is 3.52. The second-order valence-electron chi connectivity index (χ2n) is 11.5. The van der Waals surface area contributed by atoms with Gasteiger partial charge in [-0.2, -0.15) is 0 Å². The molecule has 2 aliphatic heterocycles. The Morgan fingerprint density at radius 3 is 2.67 bits per heavy atom. The van der Waals surface area contributed by atoms with Crippen LogP contribution in [-0.4, -0.2) is 64.1 Å². The zero-order valence-electron chi connectivity index (χ0n) is 24.7. The third-order valence-corrected chi connectivity index (χ3v) is 9.69. The van der Waals surface area contributed by atoms with Crippen LogP contribution >= 0.6 is 11.8 Å². The molecule has 2 amide bonds. The second-order valence-corrected chi connectivity index (χ2v) is 12.5. The summed E-state index contributed by atoms with van der Waals surface area (Å²) in [5.41, 5.74) is 4.50. The lowest BCUT2D eigenvalue weighted by molar-refractivity contribution is -0.123. The average molecular weight is 604 g/mol. The summed E-state index contributed by atoms with van der Waals surface area (Å²) in [5, 5.41) is 3.46. The molecule has 0 radical (unpaired) electrons. The van der Waals surface area contributed by atoms with Gasteiger partial charge in [-0.05, 0) is 85.2 Å². The lowest BCUT2D eigenvalue weighted by Gasteiger charge is -2.36. The van der Waals surface area contributed by atoms with Crippen LogP contribution in [0.15, 0.2) is 65.6 Å². The van der Waals surface area contributed by atoms with E-state index in [1.165, 1.54) is 13.2 Å². The van der Waals surface area contributed by atoms with Gasteiger partial charge in [0.25, 0.3) is 0 Å². The van der Waals surface area contributed by atoms with E-state index in [9.17, 15) is 14.0 Å². The highest BCUT2D eigenvalue weighted by Crippen LogP contribution is 2.43. The van der Waals surface area contributed by atoms with Crippen LogP contribution in [0, 0.1) is 11.7 Å². The zero-order chi connectivity index (χ0) is 29.9. The number of halogens is 1. The van der Waals surface area contributed by atoms with Gasteiger partial charge >= 0.3 is 0 Å². The number of fused-ring (bicyclic) bond motifs is 1. The number of methoxy groups -OCH3 is 2. The standard InChI is InChI=1S/C34H38FN3O4S/c1-41-16-4-15-37-30-19-26(10-12-32(30)43-21-33(37)39)38(25-8-9-25)34(40)28-20-36-14-13-27(28)24-6-3-5-22(17-24)23-7-11-31(42-2)29(35)18-23/h3,5-7,10-12,17-19,25,27-28,36H,4,8-9,13-16,20-21H2,1-2H3/t27-,28+/m1/s1. The van der Waals surface area contributed by atoms with E-state index in [1.807, 2.05) is 40.1 Å². The highest BCUT2D eigenvalue weighted by molar-refractivity contribution is 8.00. The number of rotatable bonds is 10. The van der Waals surface area contributed by atoms with Crippen molar-refractivity contribution in [3.8, 4) is 16.9 Å². The largest absolute Gasteiger partial charge is 0.494 e. The van der Waals surface area contributed by atoms with E-state index in [1.54, 1.807) is 24.9 Å². The van der Waals surface area contributed by atoms with Crippen LogP contribution in [0.3, 0.4) is 0 Å². The van der Waals surface area contributed by atoms with Gasteiger partial charge in [0, 0.05) is 43.4 Å². The monoisotopic (exact) mass is 603 g/mol. The van der Waals surface area contributed by atoms with Gasteiger partial charge in [-0.15, -0.1) is 11.8 Å². The van der Waals surface area contributed by atoms with Gasteiger partial charge in [-0.25, -0.2) is 4.39 Å². The highest BCUT2D eigenvalue weighted by atomic mass is 32.2. The molecule has 43 heavy (non-hydrogen) atoms. The van der Waals surface area contributed by atoms with Crippen molar-refractivity contribution < 1.29 is 23.5 Å². The van der Waals surface area contributed by atoms with Crippen LogP contribution in [0.25, 0.3) is 11.1 Å². The fraction of sp³-hybridized carbons (Fsp3) is 0.412. The molecule has 0 unspecified atom stereocenters. The van der Waals surface area contributed by atoms with E-state index >= 15 is 0 Å². The maximum absolute atomic E-state index is 14.5. The Bertz CT molecular complexity index is 1500. The van der Waals surface area contributed by atoms with Gasteiger partial charge in [0.2, 0.25) is 11.8 Å². The van der Waals surface area contributed by atoms with Crippen molar-refractivity contribution in [1.29, 1.82) is 0 Å². The van der Waals surface area contributed by atoms with Crippen molar-refractivity contribution in [2.45, 2.75) is 42.5 Å². The fourth-order valence-electron chi connectivity index (χ4n) is 6.29. The molecule has 3 aromatic rings. The number of amides is 2. The van der Waals surface area contributed by atoms with Crippen LogP contribution in [0.1, 0.15) is 37.2 Å². The third kappa shape index (κ3) is 6.30. The first-order valence-corrected chi connectivity index (χ1v) is 16.0. The molecule has 6 rings (SSSR count). The molecule has 226 valence electrons. The molecule has 3 aliphatic rings. The molecule has 2 heterocycles. The summed E-state index contributed by atoms with van der Waals surface area (Å²) >= 11 is 1.55. The topological polar surface area (TPSA) is 71.1 Å². The predicted octanol–water partition coefficient (Wildman–Crippen LogP) is 5.87. The van der Waals surface area contributed by atoms with E-state index in [2.05, 4.69) is 23.5 Å². The van der Waals surface area contributed by atoms with Crippen LogP contribution in [0.4, 0.5) is 15.8 Å². The summed E-state index contributed by atoms with van der Waals surface area (Å²) < 4.78 is 24.8. The van der Waals surface area contributed by atoms with Gasteiger partial charge in [-0.3, -0.25) is 9.59 Å². The van der Waals surface area contributed by atoms with E-state index in [0.29, 0.717) is 25.4 Å². The second kappa shape index (κ2) is 13.1. The molecule has 0 aromatic heterocycles. The zero-order valence-corrected chi connectivity index (χ0v) is 25.5. The van der Waals surface area contributed by atoms with E-state index in [-0.39, 0.29) is 35.4 Å². The molecule has 2 atom stereocenters. The number of benzene rings is 3. The van der Waals surface area contributed by atoms with Gasteiger partial charge in [-0.1, -0.05) is 30.3 Å². The van der Waals surface area contributed by atoms with Gasteiger partial charge in [0.15, 0.2) is 11.6 Å². The molecule has 9 heteroatoms. The lowest BCUT2D eigenvalue weighted by atomic mass is 9.79. The highest BCUT2D eigenvalue weighted by Gasteiger charge is 2.41. The van der Waals surface area contributed by atoms with Crippen molar-refractivity contribution >= 4 is 35.0 Å². The van der Waals surface area contributed by atoms with Crippen molar-refractivity contribution in [1.82, 2.24) is 5.32 Å². The summed E-state index contributed by atoms with van der Waals surface area (Å²) in [5.74, 6) is 0.211. The number of hydrogen-bond acceptors (Lipinski definition) is 6. The SMILES string of the molecule is COCCCN1C(=O)CSc2ccc(N(C(=O)[C@H]3CNCC[C@@H]3c3cccc(-c4ccc(OC)c(F)c4)c3)C3CC3)cc21. The van der Waals surface area contributed by atoms with Crippen molar-refractivity contribution in [3.05, 3.63) is 72.0 Å². The quantitative estimate of drug-likeness (QED) is 0.293. The molecule has 1 saturated heterocycles. The van der Waals surface area contributed by atoms with E-state index < -0.39 is 5.82 Å².